The number of rotatable bonds is 1. The minimum absolute atomic E-state index is 0.174. The van der Waals surface area contributed by atoms with Crippen LogP contribution in [0.3, 0.4) is 0 Å². The summed E-state index contributed by atoms with van der Waals surface area (Å²) in [5.41, 5.74) is 1.10. The highest BCUT2D eigenvalue weighted by Crippen LogP contribution is 2.11. The standard InChI is InChI=1S/C6H6N4O2/c1-3-4(6(11)12)5-8-7-2-10(5)9-3/h2,9H,1H3,(H,11,12). The first-order valence-corrected chi connectivity index (χ1v) is 3.31. The monoisotopic (exact) mass is 166 g/mol. The first kappa shape index (κ1) is 6.84. The van der Waals surface area contributed by atoms with E-state index in [-0.39, 0.29) is 5.56 Å². The van der Waals surface area contributed by atoms with Gasteiger partial charge in [0.15, 0.2) is 5.65 Å². The molecule has 6 heteroatoms. The van der Waals surface area contributed by atoms with Crippen LogP contribution in [0.15, 0.2) is 6.33 Å². The Labute approximate surface area is 66.8 Å². The van der Waals surface area contributed by atoms with Gasteiger partial charge in [0.2, 0.25) is 0 Å². The van der Waals surface area contributed by atoms with E-state index in [4.69, 9.17) is 5.11 Å². The Hall–Kier alpha value is -1.85. The molecule has 0 aliphatic heterocycles. The number of aromatic carboxylic acids is 1. The molecule has 62 valence electrons. The summed E-state index contributed by atoms with van der Waals surface area (Å²) in [7, 11) is 0. The fourth-order valence-electron chi connectivity index (χ4n) is 1.15. The van der Waals surface area contributed by atoms with Gasteiger partial charge in [-0.3, -0.25) is 5.10 Å². The largest absolute Gasteiger partial charge is 0.477 e. The molecule has 2 aromatic heterocycles. The van der Waals surface area contributed by atoms with Gasteiger partial charge in [0.05, 0.1) is 0 Å². The van der Waals surface area contributed by atoms with E-state index in [2.05, 4.69) is 15.3 Å². The van der Waals surface area contributed by atoms with Crippen LogP contribution in [0.1, 0.15) is 16.1 Å². The van der Waals surface area contributed by atoms with Crippen LogP contribution in [0, 0.1) is 6.92 Å². The fraction of sp³-hybridized carbons (Fsp3) is 0.167. The summed E-state index contributed by atoms with van der Waals surface area (Å²) in [5.74, 6) is -0.994. The molecular formula is C6H6N4O2. The molecule has 0 bridgehead atoms. The predicted molar refractivity (Wildman–Crippen MR) is 39.0 cm³/mol. The van der Waals surface area contributed by atoms with Crippen molar-refractivity contribution in [3.8, 4) is 0 Å². The molecule has 12 heavy (non-hydrogen) atoms. The maximum absolute atomic E-state index is 10.7. The minimum atomic E-state index is -0.994. The SMILES string of the molecule is Cc1[nH]n2cnnc2c1C(=O)O. The lowest BCUT2D eigenvalue weighted by molar-refractivity contribution is 0.0698. The molecule has 2 rings (SSSR count). The van der Waals surface area contributed by atoms with Crippen LogP contribution >= 0.6 is 0 Å². The molecule has 0 amide bonds. The van der Waals surface area contributed by atoms with Crippen molar-refractivity contribution in [2.75, 3.05) is 0 Å². The summed E-state index contributed by atoms with van der Waals surface area (Å²) < 4.78 is 1.47. The van der Waals surface area contributed by atoms with Gasteiger partial charge in [0.1, 0.15) is 11.9 Å². The number of nitrogens with zero attached hydrogens (tertiary/aromatic N) is 3. The molecule has 0 aliphatic carbocycles. The van der Waals surface area contributed by atoms with Gasteiger partial charge in [-0.15, -0.1) is 10.2 Å². The first-order valence-electron chi connectivity index (χ1n) is 3.31. The van der Waals surface area contributed by atoms with Crippen molar-refractivity contribution in [2.24, 2.45) is 0 Å². The quantitative estimate of drug-likeness (QED) is 0.627. The van der Waals surface area contributed by atoms with Crippen molar-refractivity contribution in [2.45, 2.75) is 6.92 Å². The van der Waals surface area contributed by atoms with Crippen molar-refractivity contribution in [3.63, 3.8) is 0 Å². The highest BCUT2D eigenvalue weighted by atomic mass is 16.4. The van der Waals surface area contributed by atoms with Crippen LogP contribution in [-0.2, 0) is 0 Å². The predicted octanol–water partition coefficient (Wildman–Crippen LogP) is 0.0640. The van der Waals surface area contributed by atoms with Gasteiger partial charge in [-0.1, -0.05) is 0 Å². The zero-order valence-electron chi connectivity index (χ0n) is 6.27. The van der Waals surface area contributed by atoms with E-state index in [1.165, 1.54) is 10.8 Å². The maximum atomic E-state index is 10.7. The zero-order valence-corrected chi connectivity index (χ0v) is 6.27. The third-order valence-electron chi connectivity index (χ3n) is 1.65. The van der Waals surface area contributed by atoms with Crippen LogP contribution in [0.2, 0.25) is 0 Å². The minimum Gasteiger partial charge on any atom is -0.477 e. The van der Waals surface area contributed by atoms with Crippen molar-refractivity contribution in [3.05, 3.63) is 17.6 Å². The molecule has 0 fully saturated rings. The molecule has 0 saturated carbocycles. The Balaban J connectivity index is 2.84. The van der Waals surface area contributed by atoms with Crippen molar-refractivity contribution >= 4 is 11.6 Å². The number of aromatic nitrogens is 4. The van der Waals surface area contributed by atoms with Gasteiger partial charge in [0.25, 0.3) is 0 Å². The molecule has 0 aromatic carbocycles. The number of H-pyrrole nitrogens is 1. The van der Waals surface area contributed by atoms with Gasteiger partial charge in [-0.05, 0) is 6.92 Å². The molecular weight excluding hydrogens is 160 g/mol. The summed E-state index contributed by atoms with van der Waals surface area (Å²) in [6, 6.07) is 0. The number of hydrogen-bond donors (Lipinski definition) is 2. The smallest absolute Gasteiger partial charge is 0.341 e. The van der Waals surface area contributed by atoms with Crippen LogP contribution in [-0.4, -0.2) is 30.9 Å². The van der Waals surface area contributed by atoms with Crippen molar-refractivity contribution in [1.82, 2.24) is 19.8 Å². The number of nitrogens with one attached hydrogen (secondary N) is 1. The third-order valence-corrected chi connectivity index (χ3v) is 1.65. The second-order valence-electron chi connectivity index (χ2n) is 2.44. The first-order chi connectivity index (χ1) is 5.70. The number of carboxylic acid groups (broad SMARTS) is 1. The molecule has 0 spiro atoms. The van der Waals surface area contributed by atoms with E-state index in [9.17, 15) is 4.79 Å². The van der Waals surface area contributed by atoms with E-state index < -0.39 is 5.97 Å². The van der Waals surface area contributed by atoms with Crippen LogP contribution in [0.4, 0.5) is 0 Å². The number of aryl methyl sites for hydroxylation is 1. The Morgan fingerprint density at radius 1 is 1.75 bits per heavy atom. The average Bonchev–Trinajstić information content (AvgIpc) is 2.44. The summed E-state index contributed by atoms with van der Waals surface area (Å²) in [6.07, 6.45) is 1.43. The third kappa shape index (κ3) is 0.714. The molecule has 0 unspecified atom stereocenters. The zero-order chi connectivity index (χ0) is 8.72. The Kier molecular flexibility index (Phi) is 1.18. The van der Waals surface area contributed by atoms with Gasteiger partial charge < -0.3 is 5.11 Å². The molecule has 2 aromatic rings. The number of carbonyl (C=O) groups is 1. The van der Waals surface area contributed by atoms with Crippen molar-refractivity contribution < 1.29 is 9.90 Å². The van der Waals surface area contributed by atoms with E-state index in [0.717, 1.165) is 0 Å². The van der Waals surface area contributed by atoms with E-state index in [1.807, 2.05) is 0 Å². The second-order valence-corrected chi connectivity index (χ2v) is 2.44. The molecule has 0 saturated heterocycles. The second kappa shape index (κ2) is 2.07. The van der Waals surface area contributed by atoms with E-state index in [1.54, 1.807) is 6.92 Å². The summed E-state index contributed by atoms with van der Waals surface area (Å²) in [5, 5.41) is 18.8. The molecule has 6 nitrogen and oxygen atoms in total. The van der Waals surface area contributed by atoms with Gasteiger partial charge in [-0.2, -0.15) is 0 Å². The number of carboxylic acids is 1. The summed E-state index contributed by atoms with van der Waals surface area (Å²) in [6.45, 7) is 1.68. The number of fused-ring (bicyclic) bond motifs is 1. The van der Waals surface area contributed by atoms with Gasteiger partial charge >= 0.3 is 5.97 Å². The fourth-order valence-corrected chi connectivity index (χ4v) is 1.15. The van der Waals surface area contributed by atoms with Crippen LogP contribution < -0.4 is 0 Å². The normalized spacial score (nSPS) is 10.8. The highest BCUT2D eigenvalue weighted by Gasteiger charge is 2.16. The number of aromatic amines is 1. The van der Waals surface area contributed by atoms with E-state index >= 15 is 0 Å². The Bertz CT molecular complexity index is 441. The lowest BCUT2D eigenvalue weighted by Gasteiger charge is -1.86. The summed E-state index contributed by atoms with van der Waals surface area (Å²) >= 11 is 0. The molecule has 2 N–H and O–H groups in total. The Morgan fingerprint density at radius 2 is 2.50 bits per heavy atom. The van der Waals surface area contributed by atoms with E-state index in [0.29, 0.717) is 11.3 Å². The topological polar surface area (TPSA) is 83.3 Å². The summed E-state index contributed by atoms with van der Waals surface area (Å²) in [4.78, 5) is 10.7. The lowest BCUT2D eigenvalue weighted by atomic mass is 10.2. The Morgan fingerprint density at radius 3 is 3.17 bits per heavy atom. The van der Waals surface area contributed by atoms with Crippen molar-refractivity contribution in [1.29, 1.82) is 0 Å². The van der Waals surface area contributed by atoms with Crippen LogP contribution in [0.25, 0.3) is 5.65 Å². The molecule has 0 aliphatic rings. The molecule has 2 heterocycles. The lowest BCUT2D eigenvalue weighted by Crippen LogP contribution is -1.97. The average molecular weight is 166 g/mol. The van der Waals surface area contributed by atoms with Gasteiger partial charge in [0, 0.05) is 5.69 Å². The number of hydrogen-bond acceptors (Lipinski definition) is 3. The van der Waals surface area contributed by atoms with Crippen LogP contribution in [0.5, 0.6) is 0 Å². The maximum Gasteiger partial charge on any atom is 0.341 e. The highest BCUT2D eigenvalue weighted by molar-refractivity contribution is 5.95. The molecule has 0 atom stereocenters. The van der Waals surface area contributed by atoms with Gasteiger partial charge in [-0.25, -0.2) is 9.31 Å². The molecule has 0 radical (unpaired) electrons.